The minimum atomic E-state index is -0.927. The van der Waals surface area contributed by atoms with Gasteiger partial charge in [-0.25, -0.2) is 0 Å². The standard InChI is InChI=1S/C6H8BrN3O2/c7-3-2-9-10-6(3)4(8)1-5(11)12/h2,4H,1,8H2,(H,9,10)(H,11,12). The second-order valence-electron chi connectivity index (χ2n) is 2.34. The summed E-state index contributed by atoms with van der Waals surface area (Å²) in [6, 6.07) is -0.542. The van der Waals surface area contributed by atoms with E-state index in [0.29, 0.717) is 10.2 Å². The number of carboxylic acid groups (broad SMARTS) is 1. The molecule has 6 heteroatoms. The van der Waals surface area contributed by atoms with Crippen LogP contribution in [-0.2, 0) is 4.79 Å². The molecule has 0 amide bonds. The molecule has 1 rings (SSSR count). The van der Waals surface area contributed by atoms with Gasteiger partial charge in [-0.15, -0.1) is 0 Å². The minimum Gasteiger partial charge on any atom is -0.481 e. The fourth-order valence-corrected chi connectivity index (χ4v) is 1.32. The topological polar surface area (TPSA) is 92.0 Å². The number of aromatic amines is 1. The molecule has 0 saturated heterocycles. The van der Waals surface area contributed by atoms with Gasteiger partial charge in [-0.2, -0.15) is 5.10 Å². The lowest BCUT2D eigenvalue weighted by molar-refractivity contribution is -0.137. The summed E-state index contributed by atoms with van der Waals surface area (Å²) in [5.41, 5.74) is 6.17. The van der Waals surface area contributed by atoms with Crippen LogP contribution in [-0.4, -0.2) is 21.3 Å². The van der Waals surface area contributed by atoms with E-state index in [1.807, 2.05) is 0 Å². The van der Waals surface area contributed by atoms with Gasteiger partial charge in [0.1, 0.15) is 0 Å². The Morgan fingerprint density at radius 1 is 1.92 bits per heavy atom. The predicted molar refractivity (Wildman–Crippen MR) is 45.5 cm³/mol. The zero-order valence-corrected chi connectivity index (χ0v) is 7.71. The number of rotatable bonds is 3. The number of carbonyl (C=O) groups is 1. The maximum atomic E-state index is 10.3. The average molecular weight is 234 g/mol. The summed E-state index contributed by atoms with van der Waals surface area (Å²) >= 11 is 3.19. The summed E-state index contributed by atoms with van der Waals surface area (Å²) < 4.78 is 0.705. The Kier molecular flexibility index (Phi) is 2.83. The molecular formula is C6H8BrN3O2. The monoisotopic (exact) mass is 233 g/mol. The average Bonchev–Trinajstić information content (AvgIpc) is 2.33. The zero-order valence-electron chi connectivity index (χ0n) is 6.12. The third-order valence-corrected chi connectivity index (χ3v) is 2.02. The second kappa shape index (κ2) is 3.68. The number of H-pyrrole nitrogens is 1. The molecule has 0 fully saturated rings. The van der Waals surface area contributed by atoms with Crippen molar-refractivity contribution < 1.29 is 9.90 Å². The van der Waals surface area contributed by atoms with E-state index in [0.717, 1.165) is 0 Å². The molecule has 5 nitrogen and oxygen atoms in total. The predicted octanol–water partition coefficient (Wildman–Crippen LogP) is 0.647. The molecule has 0 aromatic carbocycles. The highest BCUT2D eigenvalue weighted by atomic mass is 79.9. The molecule has 1 atom stereocenters. The van der Waals surface area contributed by atoms with Crippen LogP contribution in [0.2, 0.25) is 0 Å². The molecule has 0 bridgehead atoms. The van der Waals surface area contributed by atoms with Crippen molar-refractivity contribution in [2.24, 2.45) is 5.73 Å². The van der Waals surface area contributed by atoms with Gasteiger partial charge in [0.05, 0.1) is 28.8 Å². The van der Waals surface area contributed by atoms with E-state index in [9.17, 15) is 4.79 Å². The Hall–Kier alpha value is -0.880. The lowest BCUT2D eigenvalue weighted by Gasteiger charge is -2.05. The molecule has 0 aliphatic carbocycles. The second-order valence-corrected chi connectivity index (χ2v) is 3.19. The summed E-state index contributed by atoms with van der Waals surface area (Å²) in [5, 5.41) is 14.8. The van der Waals surface area contributed by atoms with Gasteiger partial charge in [-0.05, 0) is 15.9 Å². The summed E-state index contributed by atoms with van der Waals surface area (Å²) in [4.78, 5) is 10.3. The van der Waals surface area contributed by atoms with Crippen LogP contribution in [0.1, 0.15) is 18.2 Å². The fraction of sp³-hybridized carbons (Fsp3) is 0.333. The molecule has 12 heavy (non-hydrogen) atoms. The SMILES string of the molecule is NC(CC(=O)O)c1[nH]ncc1Br. The van der Waals surface area contributed by atoms with Crippen LogP contribution < -0.4 is 5.73 Å². The summed E-state index contributed by atoms with van der Waals surface area (Å²) in [6.45, 7) is 0. The maximum absolute atomic E-state index is 10.3. The van der Waals surface area contributed by atoms with Crippen molar-refractivity contribution in [3.63, 3.8) is 0 Å². The smallest absolute Gasteiger partial charge is 0.305 e. The fourth-order valence-electron chi connectivity index (χ4n) is 0.832. The van der Waals surface area contributed by atoms with Gasteiger partial charge in [0, 0.05) is 0 Å². The van der Waals surface area contributed by atoms with E-state index >= 15 is 0 Å². The van der Waals surface area contributed by atoms with Gasteiger partial charge in [0.15, 0.2) is 0 Å². The van der Waals surface area contributed by atoms with Gasteiger partial charge in [-0.1, -0.05) is 0 Å². The van der Waals surface area contributed by atoms with E-state index in [1.165, 1.54) is 6.20 Å². The molecule has 1 aromatic rings. The third-order valence-electron chi connectivity index (χ3n) is 1.39. The number of hydrogen-bond donors (Lipinski definition) is 3. The highest BCUT2D eigenvalue weighted by molar-refractivity contribution is 9.10. The van der Waals surface area contributed by atoms with E-state index < -0.39 is 12.0 Å². The molecule has 1 aromatic heterocycles. The van der Waals surface area contributed by atoms with E-state index in [4.69, 9.17) is 10.8 Å². The van der Waals surface area contributed by atoms with Gasteiger partial charge in [-0.3, -0.25) is 9.89 Å². The van der Waals surface area contributed by atoms with Crippen LogP contribution in [0.5, 0.6) is 0 Å². The van der Waals surface area contributed by atoms with Crippen LogP contribution in [0.25, 0.3) is 0 Å². The zero-order chi connectivity index (χ0) is 9.14. The molecule has 0 aliphatic rings. The molecule has 0 radical (unpaired) electrons. The van der Waals surface area contributed by atoms with Crippen molar-refractivity contribution in [3.8, 4) is 0 Å². The van der Waals surface area contributed by atoms with Crippen molar-refractivity contribution in [1.82, 2.24) is 10.2 Å². The lowest BCUT2D eigenvalue weighted by Crippen LogP contribution is -2.15. The van der Waals surface area contributed by atoms with Crippen LogP contribution in [0.4, 0.5) is 0 Å². The van der Waals surface area contributed by atoms with Gasteiger partial charge in [0.2, 0.25) is 0 Å². The first kappa shape index (κ1) is 9.21. The van der Waals surface area contributed by atoms with Crippen molar-refractivity contribution in [3.05, 3.63) is 16.4 Å². The Morgan fingerprint density at radius 2 is 2.58 bits per heavy atom. The van der Waals surface area contributed by atoms with Crippen molar-refractivity contribution >= 4 is 21.9 Å². The highest BCUT2D eigenvalue weighted by Gasteiger charge is 2.14. The quantitative estimate of drug-likeness (QED) is 0.715. The normalized spacial score (nSPS) is 12.8. The first-order valence-electron chi connectivity index (χ1n) is 3.27. The van der Waals surface area contributed by atoms with Crippen molar-refractivity contribution in [2.75, 3.05) is 0 Å². The van der Waals surface area contributed by atoms with E-state index in [1.54, 1.807) is 0 Å². The number of halogens is 1. The number of nitrogens with two attached hydrogens (primary N) is 1. The number of nitrogens with zero attached hydrogens (tertiary/aromatic N) is 1. The molecule has 0 saturated carbocycles. The molecule has 0 spiro atoms. The molecule has 66 valence electrons. The van der Waals surface area contributed by atoms with E-state index in [-0.39, 0.29) is 6.42 Å². The summed E-state index contributed by atoms with van der Waals surface area (Å²) in [6.07, 6.45) is 1.43. The largest absolute Gasteiger partial charge is 0.481 e. The van der Waals surface area contributed by atoms with E-state index in [2.05, 4.69) is 26.1 Å². The molecule has 4 N–H and O–H groups in total. The third kappa shape index (κ3) is 2.05. The highest BCUT2D eigenvalue weighted by Crippen LogP contribution is 2.20. The molecule has 0 aliphatic heterocycles. The molecule has 1 heterocycles. The van der Waals surface area contributed by atoms with Crippen molar-refractivity contribution in [2.45, 2.75) is 12.5 Å². The Morgan fingerprint density at radius 3 is 3.00 bits per heavy atom. The maximum Gasteiger partial charge on any atom is 0.305 e. The minimum absolute atomic E-state index is 0.110. The first-order valence-corrected chi connectivity index (χ1v) is 4.06. The number of nitrogens with one attached hydrogen (secondary N) is 1. The number of carboxylic acids is 1. The van der Waals surface area contributed by atoms with Crippen LogP contribution >= 0.6 is 15.9 Å². The number of aromatic nitrogens is 2. The number of aliphatic carboxylic acids is 1. The Labute approximate surface area is 77.1 Å². The molecule has 1 unspecified atom stereocenters. The van der Waals surface area contributed by atoms with Gasteiger partial charge in [0.25, 0.3) is 0 Å². The summed E-state index contributed by atoms with van der Waals surface area (Å²) in [7, 11) is 0. The van der Waals surface area contributed by atoms with Crippen molar-refractivity contribution in [1.29, 1.82) is 0 Å². The van der Waals surface area contributed by atoms with Crippen LogP contribution in [0.15, 0.2) is 10.7 Å². The Bertz CT molecular complexity index is 286. The first-order chi connectivity index (χ1) is 5.61. The number of hydrogen-bond acceptors (Lipinski definition) is 3. The Balaban J connectivity index is 2.71. The van der Waals surface area contributed by atoms with Crippen LogP contribution in [0, 0.1) is 0 Å². The van der Waals surface area contributed by atoms with Crippen LogP contribution in [0.3, 0.4) is 0 Å². The molecular weight excluding hydrogens is 226 g/mol. The van der Waals surface area contributed by atoms with Gasteiger partial charge < -0.3 is 10.8 Å². The summed E-state index contributed by atoms with van der Waals surface area (Å²) in [5.74, 6) is -0.927. The lowest BCUT2D eigenvalue weighted by atomic mass is 10.1. The van der Waals surface area contributed by atoms with Gasteiger partial charge >= 0.3 is 5.97 Å².